The van der Waals surface area contributed by atoms with E-state index in [1.165, 1.54) is 17.1 Å². The molecule has 0 aliphatic heterocycles. The lowest BCUT2D eigenvalue weighted by Crippen LogP contribution is -2.50. The second-order valence-corrected chi connectivity index (χ2v) is 9.71. The highest BCUT2D eigenvalue weighted by Gasteiger charge is 2.40. The Labute approximate surface area is 128 Å². The molecule has 2 unspecified atom stereocenters. The Kier molecular flexibility index (Phi) is 4.07. The van der Waals surface area contributed by atoms with Crippen molar-refractivity contribution in [2.24, 2.45) is 17.1 Å². The maximum atomic E-state index is 6.74. The van der Waals surface area contributed by atoms with Crippen molar-refractivity contribution in [2.75, 3.05) is 0 Å². The Balaban J connectivity index is 2.14. The molecule has 1 aromatic rings. The third-order valence-electron chi connectivity index (χ3n) is 4.31. The van der Waals surface area contributed by atoms with E-state index in [-0.39, 0.29) is 11.0 Å². The van der Waals surface area contributed by atoms with Gasteiger partial charge in [0.25, 0.3) is 0 Å². The smallest absolute Gasteiger partial charge is 0.0946 e. The second kappa shape index (κ2) is 5.10. The zero-order valence-electron chi connectivity index (χ0n) is 13.9. The molecule has 20 heavy (non-hydrogen) atoms. The molecule has 3 heteroatoms. The maximum Gasteiger partial charge on any atom is 0.0946 e. The lowest BCUT2D eigenvalue weighted by Gasteiger charge is -2.45. The number of hydrogen-bond acceptors (Lipinski definition) is 3. The Bertz CT molecular complexity index is 470. The van der Waals surface area contributed by atoms with E-state index in [1.54, 1.807) is 11.3 Å². The van der Waals surface area contributed by atoms with Crippen molar-refractivity contribution in [1.29, 1.82) is 0 Å². The molecular formula is C17H30N2S. The molecule has 1 aromatic heterocycles. The summed E-state index contributed by atoms with van der Waals surface area (Å²) in [6.45, 7) is 13.7. The van der Waals surface area contributed by atoms with Gasteiger partial charge < -0.3 is 5.73 Å². The second-order valence-electron chi connectivity index (χ2n) is 8.77. The molecule has 1 saturated carbocycles. The summed E-state index contributed by atoms with van der Waals surface area (Å²) >= 11 is 1.78. The van der Waals surface area contributed by atoms with E-state index in [4.69, 9.17) is 10.7 Å². The van der Waals surface area contributed by atoms with Crippen LogP contribution in [0.3, 0.4) is 0 Å². The molecule has 0 amide bonds. The van der Waals surface area contributed by atoms with Crippen LogP contribution < -0.4 is 5.73 Å². The Morgan fingerprint density at radius 2 is 2.00 bits per heavy atom. The summed E-state index contributed by atoms with van der Waals surface area (Å²) in [5.74, 6) is 0.714. The zero-order valence-corrected chi connectivity index (χ0v) is 14.7. The van der Waals surface area contributed by atoms with Crippen LogP contribution >= 0.6 is 11.3 Å². The SMILES string of the molecule is CC1CC(C)(C)CC(N)(Cc2nc(C(C)(C)C)cs2)C1. The number of aromatic nitrogens is 1. The summed E-state index contributed by atoms with van der Waals surface area (Å²) in [4.78, 5) is 4.83. The fraction of sp³-hybridized carbons (Fsp3) is 0.824. The first-order chi connectivity index (χ1) is 8.99. The molecule has 0 saturated heterocycles. The van der Waals surface area contributed by atoms with E-state index in [0.717, 1.165) is 19.3 Å². The highest BCUT2D eigenvalue weighted by Crippen LogP contribution is 2.44. The maximum absolute atomic E-state index is 6.74. The van der Waals surface area contributed by atoms with E-state index < -0.39 is 0 Å². The van der Waals surface area contributed by atoms with E-state index in [9.17, 15) is 0 Å². The molecule has 0 aromatic carbocycles. The molecule has 0 spiro atoms. The Hall–Kier alpha value is -0.410. The van der Waals surface area contributed by atoms with Crippen LogP contribution in [0.4, 0.5) is 0 Å². The predicted molar refractivity (Wildman–Crippen MR) is 88.2 cm³/mol. The monoisotopic (exact) mass is 294 g/mol. The molecule has 1 aliphatic rings. The van der Waals surface area contributed by atoms with E-state index in [0.29, 0.717) is 11.3 Å². The first kappa shape index (κ1) is 16.0. The summed E-state index contributed by atoms with van der Waals surface area (Å²) in [7, 11) is 0. The fourth-order valence-electron chi connectivity index (χ4n) is 3.98. The number of nitrogens with two attached hydrogens (primary N) is 1. The lowest BCUT2D eigenvalue weighted by atomic mass is 9.64. The van der Waals surface area contributed by atoms with Gasteiger partial charge in [0.2, 0.25) is 0 Å². The van der Waals surface area contributed by atoms with E-state index in [2.05, 4.69) is 46.9 Å². The summed E-state index contributed by atoms with van der Waals surface area (Å²) in [5, 5.41) is 3.41. The number of hydrogen-bond donors (Lipinski definition) is 1. The van der Waals surface area contributed by atoms with Crippen LogP contribution in [-0.4, -0.2) is 10.5 Å². The van der Waals surface area contributed by atoms with Gasteiger partial charge in [-0.25, -0.2) is 4.98 Å². The minimum atomic E-state index is -0.0752. The van der Waals surface area contributed by atoms with Gasteiger partial charge in [-0.15, -0.1) is 11.3 Å². The highest BCUT2D eigenvalue weighted by molar-refractivity contribution is 7.09. The topological polar surface area (TPSA) is 38.9 Å². The Morgan fingerprint density at radius 1 is 1.35 bits per heavy atom. The average molecular weight is 295 g/mol. The van der Waals surface area contributed by atoms with Crippen molar-refractivity contribution in [3.63, 3.8) is 0 Å². The summed E-state index contributed by atoms with van der Waals surface area (Å²) in [6.07, 6.45) is 4.45. The third-order valence-corrected chi connectivity index (χ3v) is 5.16. The van der Waals surface area contributed by atoms with Crippen molar-refractivity contribution in [2.45, 2.75) is 78.2 Å². The first-order valence-electron chi connectivity index (χ1n) is 7.73. The number of nitrogens with zero attached hydrogens (tertiary/aromatic N) is 1. The number of rotatable bonds is 2. The molecule has 1 heterocycles. The van der Waals surface area contributed by atoms with Crippen molar-refractivity contribution < 1.29 is 0 Å². The van der Waals surface area contributed by atoms with Gasteiger partial charge in [-0.3, -0.25) is 0 Å². The summed E-state index contributed by atoms with van der Waals surface area (Å²) in [5.41, 5.74) is 8.36. The molecule has 1 aliphatic carbocycles. The van der Waals surface area contributed by atoms with Crippen molar-refractivity contribution in [3.05, 3.63) is 16.1 Å². The largest absolute Gasteiger partial charge is 0.325 e. The van der Waals surface area contributed by atoms with Gasteiger partial charge in [0.15, 0.2) is 0 Å². The van der Waals surface area contributed by atoms with Gasteiger partial charge in [0.05, 0.1) is 10.7 Å². The van der Waals surface area contributed by atoms with E-state index in [1.807, 2.05) is 0 Å². The molecule has 2 N–H and O–H groups in total. The fourth-order valence-corrected chi connectivity index (χ4v) is 5.16. The molecule has 2 rings (SSSR count). The molecule has 114 valence electrons. The van der Waals surface area contributed by atoms with E-state index >= 15 is 0 Å². The van der Waals surface area contributed by atoms with Gasteiger partial charge in [0, 0.05) is 22.8 Å². The van der Waals surface area contributed by atoms with Crippen LogP contribution in [0.1, 0.15) is 71.5 Å². The van der Waals surface area contributed by atoms with Crippen LogP contribution in [0.15, 0.2) is 5.38 Å². The molecular weight excluding hydrogens is 264 g/mol. The van der Waals surface area contributed by atoms with Crippen molar-refractivity contribution in [3.8, 4) is 0 Å². The van der Waals surface area contributed by atoms with Crippen LogP contribution in [0.2, 0.25) is 0 Å². The first-order valence-corrected chi connectivity index (χ1v) is 8.61. The van der Waals surface area contributed by atoms with Gasteiger partial charge in [-0.2, -0.15) is 0 Å². The minimum absolute atomic E-state index is 0.0752. The standard InChI is InChI=1S/C17H30N2S/c1-12-7-16(5,6)11-17(18,8-12)9-14-19-13(10-20-14)15(2,3)4/h10,12H,7-9,11,18H2,1-6H3. The normalized spacial score (nSPS) is 30.4. The zero-order chi connectivity index (χ0) is 15.2. The van der Waals surface area contributed by atoms with Gasteiger partial charge in [0.1, 0.15) is 0 Å². The van der Waals surface area contributed by atoms with Gasteiger partial charge in [-0.05, 0) is 30.6 Å². The van der Waals surface area contributed by atoms with Gasteiger partial charge in [-0.1, -0.05) is 41.5 Å². The molecule has 2 atom stereocenters. The quantitative estimate of drug-likeness (QED) is 0.870. The van der Waals surface area contributed by atoms with Crippen LogP contribution in [-0.2, 0) is 11.8 Å². The Morgan fingerprint density at radius 3 is 2.50 bits per heavy atom. The molecule has 0 radical (unpaired) electrons. The molecule has 2 nitrogen and oxygen atoms in total. The van der Waals surface area contributed by atoms with Gasteiger partial charge >= 0.3 is 0 Å². The van der Waals surface area contributed by atoms with Crippen LogP contribution in [0, 0.1) is 11.3 Å². The van der Waals surface area contributed by atoms with Crippen molar-refractivity contribution in [1.82, 2.24) is 4.98 Å². The summed E-state index contributed by atoms with van der Waals surface area (Å²) < 4.78 is 0. The average Bonchev–Trinajstić information content (AvgIpc) is 2.59. The lowest BCUT2D eigenvalue weighted by molar-refractivity contribution is 0.108. The highest BCUT2D eigenvalue weighted by atomic mass is 32.1. The van der Waals surface area contributed by atoms with Crippen LogP contribution in [0.5, 0.6) is 0 Å². The number of thiazole rings is 1. The molecule has 0 bridgehead atoms. The predicted octanol–water partition coefficient (Wildman–Crippen LogP) is 4.53. The summed E-state index contributed by atoms with van der Waals surface area (Å²) in [6, 6.07) is 0. The molecule has 1 fully saturated rings. The minimum Gasteiger partial charge on any atom is -0.325 e. The van der Waals surface area contributed by atoms with Crippen LogP contribution in [0.25, 0.3) is 0 Å². The van der Waals surface area contributed by atoms with Crippen molar-refractivity contribution >= 4 is 11.3 Å². The third kappa shape index (κ3) is 3.82.